The molecule has 2 rings (SSSR count). The first kappa shape index (κ1) is 9.07. The van der Waals surface area contributed by atoms with Gasteiger partial charge in [0.05, 0.1) is 6.54 Å². The highest BCUT2D eigenvalue weighted by Gasteiger charge is 2.05. The molecular formula is C7H10N6S. The van der Waals surface area contributed by atoms with Crippen molar-refractivity contribution in [1.82, 2.24) is 29.5 Å². The van der Waals surface area contributed by atoms with E-state index in [0.717, 1.165) is 11.6 Å². The van der Waals surface area contributed by atoms with Crippen molar-refractivity contribution >= 4 is 12.2 Å². The Morgan fingerprint density at radius 2 is 2.29 bits per heavy atom. The number of rotatable bonds is 2. The normalized spacial score (nSPS) is 10.7. The quantitative estimate of drug-likeness (QED) is 0.730. The third-order valence-corrected chi connectivity index (χ3v) is 2.44. The van der Waals surface area contributed by atoms with Gasteiger partial charge in [0, 0.05) is 7.05 Å². The van der Waals surface area contributed by atoms with Crippen LogP contribution in [0.4, 0.5) is 0 Å². The number of aryl methyl sites for hydroxylation is 1. The molecule has 0 spiro atoms. The summed E-state index contributed by atoms with van der Waals surface area (Å²) in [6.07, 6.45) is 1.65. The Morgan fingerprint density at radius 3 is 2.79 bits per heavy atom. The Morgan fingerprint density at radius 1 is 1.50 bits per heavy atom. The third-order valence-electron chi connectivity index (χ3n) is 2.11. The van der Waals surface area contributed by atoms with Crippen molar-refractivity contribution < 1.29 is 0 Å². The Kier molecular flexibility index (Phi) is 2.16. The Balaban J connectivity index is 2.32. The molecule has 0 saturated carbocycles. The average Bonchev–Trinajstić information content (AvgIpc) is 2.68. The van der Waals surface area contributed by atoms with Crippen molar-refractivity contribution in [3.05, 3.63) is 22.7 Å². The van der Waals surface area contributed by atoms with Crippen LogP contribution in [0.15, 0.2) is 6.33 Å². The van der Waals surface area contributed by atoms with Gasteiger partial charge < -0.3 is 4.57 Å². The van der Waals surface area contributed by atoms with Gasteiger partial charge in [-0.2, -0.15) is 5.10 Å². The lowest BCUT2D eigenvalue weighted by molar-refractivity contribution is 0.683. The Labute approximate surface area is 85.6 Å². The number of hydrogen-bond acceptors (Lipinski definition) is 4. The van der Waals surface area contributed by atoms with Gasteiger partial charge in [-0.25, -0.2) is 0 Å². The zero-order valence-corrected chi connectivity index (χ0v) is 8.75. The van der Waals surface area contributed by atoms with Gasteiger partial charge in [0.15, 0.2) is 10.6 Å². The molecule has 0 atom stereocenters. The van der Waals surface area contributed by atoms with Crippen LogP contribution in [0.2, 0.25) is 0 Å². The van der Waals surface area contributed by atoms with E-state index in [4.69, 9.17) is 12.2 Å². The van der Waals surface area contributed by atoms with Crippen LogP contribution >= 0.6 is 12.2 Å². The fraction of sp³-hybridized carbons (Fsp3) is 0.429. The molecule has 2 aromatic heterocycles. The van der Waals surface area contributed by atoms with Crippen molar-refractivity contribution in [1.29, 1.82) is 0 Å². The van der Waals surface area contributed by atoms with Crippen LogP contribution in [0.3, 0.4) is 0 Å². The van der Waals surface area contributed by atoms with Crippen molar-refractivity contribution in [3.63, 3.8) is 0 Å². The van der Waals surface area contributed by atoms with Crippen LogP contribution < -0.4 is 0 Å². The molecule has 2 heterocycles. The number of nitrogens with zero attached hydrogens (tertiary/aromatic N) is 5. The summed E-state index contributed by atoms with van der Waals surface area (Å²) >= 11 is 5.02. The monoisotopic (exact) mass is 210 g/mol. The predicted octanol–water partition coefficient (Wildman–Crippen LogP) is 0.426. The predicted molar refractivity (Wildman–Crippen MR) is 52.3 cm³/mol. The van der Waals surface area contributed by atoms with Gasteiger partial charge in [-0.1, -0.05) is 0 Å². The van der Waals surface area contributed by atoms with Gasteiger partial charge in [0.2, 0.25) is 0 Å². The van der Waals surface area contributed by atoms with Crippen molar-refractivity contribution in [3.8, 4) is 0 Å². The highest BCUT2D eigenvalue weighted by atomic mass is 32.1. The molecular weight excluding hydrogens is 200 g/mol. The summed E-state index contributed by atoms with van der Waals surface area (Å²) in [6, 6.07) is 0. The molecule has 0 amide bonds. The van der Waals surface area contributed by atoms with Crippen LogP contribution in [-0.4, -0.2) is 29.5 Å². The van der Waals surface area contributed by atoms with E-state index in [-0.39, 0.29) is 0 Å². The van der Waals surface area contributed by atoms with Crippen LogP contribution in [0, 0.1) is 11.7 Å². The van der Waals surface area contributed by atoms with Gasteiger partial charge in [0.25, 0.3) is 0 Å². The minimum atomic E-state index is 0.589. The number of hydrogen-bond donors (Lipinski definition) is 1. The molecule has 0 aliphatic carbocycles. The van der Waals surface area contributed by atoms with E-state index in [1.54, 1.807) is 10.9 Å². The largest absolute Gasteiger partial charge is 0.317 e. The average molecular weight is 210 g/mol. The Hall–Kier alpha value is -1.50. The summed E-state index contributed by atoms with van der Waals surface area (Å²) in [4.78, 5) is 0. The van der Waals surface area contributed by atoms with Crippen molar-refractivity contribution in [2.75, 3.05) is 0 Å². The zero-order valence-electron chi connectivity index (χ0n) is 7.93. The first-order valence-corrected chi connectivity index (χ1v) is 4.54. The molecule has 74 valence electrons. The second-order valence-electron chi connectivity index (χ2n) is 3.01. The number of aromatic nitrogens is 6. The first-order chi connectivity index (χ1) is 6.68. The molecule has 2 aromatic rings. The second kappa shape index (κ2) is 3.33. The van der Waals surface area contributed by atoms with E-state index in [9.17, 15) is 0 Å². The van der Waals surface area contributed by atoms with E-state index in [2.05, 4.69) is 20.4 Å². The summed E-state index contributed by atoms with van der Waals surface area (Å²) in [6.45, 7) is 2.50. The SMILES string of the molecule is Cc1nnc(Cn2cn[nH]c2=S)n1C. The number of H-pyrrole nitrogens is 1. The van der Waals surface area contributed by atoms with Crippen LogP contribution in [0.25, 0.3) is 0 Å². The van der Waals surface area contributed by atoms with E-state index in [1.165, 1.54) is 0 Å². The van der Waals surface area contributed by atoms with E-state index < -0.39 is 0 Å². The van der Waals surface area contributed by atoms with Crippen LogP contribution in [-0.2, 0) is 13.6 Å². The smallest absolute Gasteiger partial charge is 0.195 e. The highest BCUT2D eigenvalue weighted by molar-refractivity contribution is 7.71. The second-order valence-corrected chi connectivity index (χ2v) is 3.40. The lowest BCUT2D eigenvalue weighted by Crippen LogP contribution is -2.06. The molecule has 0 unspecified atom stereocenters. The fourth-order valence-electron chi connectivity index (χ4n) is 1.12. The molecule has 6 nitrogen and oxygen atoms in total. The maximum atomic E-state index is 5.02. The molecule has 0 radical (unpaired) electrons. The highest BCUT2D eigenvalue weighted by Crippen LogP contribution is 2.00. The summed E-state index contributed by atoms with van der Waals surface area (Å²) < 4.78 is 4.32. The summed E-state index contributed by atoms with van der Waals surface area (Å²) in [5.41, 5.74) is 0. The maximum Gasteiger partial charge on any atom is 0.195 e. The molecule has 0 bridgehead atoms. The van der Waals surface area contributed by atoms with Crippen LogP contribution in [0.5, 0.6) is 0 Å². The third kappa shape index (κ3) is 1.46. The fourth-order valence-corrected chi connectivity index (χ4v) is 1.29. The van der Waals surface area contributed by atoms with Crippen molar-refractivity contribution in [2.45, 2.75) is 13.5 Å². The van der Waals surface area contributed by atoms with Gasteiger partial charge in [-0.3, -0.25) is 9.67 Å². The summed E-state index contributed by atoms with van der Waals surface area (Å²) in [7, 11) is 1.92. The zero-order chi connectivity index (χ0) is 10.1. The molecule has 0 aliphatic rings. The first-order valence-electron chi connectivity index (χ1n) is 4.13. The minimum absolute atomic E-state index is 0.589. The van der Waals surface area contributed by atoms with E-state index >= 15 is 0 Å². The van der Waals surface area contributed by atoms with Gasteiger partial charge >= 0.3 is 0 Å². The Bertz CT molecular complexity index is 492. The number of aromatic amines is 1. The van der Waals surface area contributed by atoms with Gasteiger partial charge in [-0.15, -0.1) is 10.2 Å². The number of nitrogens with one attached hydrogen (secondary N) is 1. The molecule has 0 fully saturated rings. The topological polar surface area (TPSA) is 64.3 Å². The van der Waals surface area contributed by atoms with Gasteiger partial charge in [0.1, 0.15) is 12.2 Å². The van der Waals surface area contributed by atoms with Crippen LogP contribution in [0.1, 0.15) is 11.6 Å². The molecule has 0 aliphatic heterocycles. The molecule has 0 saturated heterocycles. The van der Waals surface area contributed by atoms with Gasteiger partial charge in [-0.05, 0) is 19.1 Å². The van der Waals surface area contributed by atoms with E-state index in [1.807, 2.05) is 18.5 Å². The summed E-state index contributed by atoms with van der Waals surface area (Å²) in [5, 5.41) is 14.5. The molecule has 1 N–H and O–H groups in total. The minimum Gasteiger partial charge on any atom is -0.317 e. The molecule has 14 heavy (non-hydrogen) atoms. The van der Waals surface area contributed by atoms with E-state index in [0.29, 0.717) is 11.3 Å². The lowest BCUT2D eigenvalue weighted by Gasteiger charge is -2.01. The summed E-state index contributed by atoms with van der Waals surface area (Å²) in [5.74, 6) is 1.75. The standard InChI is InChI=1S/C7H10N6S/c1-5-9-10-6(12(5)2)3-13-4-8-11-7(13)14/h4H,3H2,1-2H3,(H,11,14). The lowest BCUT2D eigenvalue weighted by atomic mass is 10.5. The molecule has 0 aromatic carbocycles. The van der Waals surface area contributed by atoms with Crippen molar-refractivity contribution in [2.24, 2.45) is 7.05 Å². The molecule has 7 heteroatoms. The maximum absolute atomic E-state index is 5.02.